The van der Waals surface area contributed by atoms with Crippen molar-refractivity contribution in [3.8, 4) is 11.8 Å². The number of hydrogen-bond acceptors (Lipinski definition) is 6. The first-order valence-corrected chi connectivity index (χ1v) is 8.39. The third-order valence-electron chi connectivity index (χ3n) is 3.99. The molecule has 1 aliphatic rings. The molecule has 0 atom stereocenters. The van der Waals surface area contributed by atoms with E-state index in [1.807, 2.05) is 22.4 Å². The summed E-state index contributed by atoms with van der Waals surface area (Å²) in [7, 11) is 3.15. The number of thiophene rings is 1. The highest BCUT2D eigenvalue weighted by molar-refractivity contribution is 7.12. The molecule has 0 aromatic carbocycles. The molecule has 0 spiro atoms. The van der Waals surface area contributed by atoms with Crippen molar-refractivity contribution in [2.24, 2.45) is 0 Å². The number of hydrogen-bond donors (Lipinski definition) is 0. The van der Waals surface area contributed by atoms with Crippen molar-refractivity contribution in [2.45, 2.75) is 18.8 Å². The Morgan fingerprint density at radius 1 is 1.22 bits per heavy atom. The van der Waals surface area contributed by atoms with Crippen LogP contribution in [0.15, 0.2) is 23.6 Å². The molecule has 1 amide bonds. The minimum atomic E-state index is 0.114. The summed E-state index contributed by atoms with van der Waals surface area (Å²) >= 11 is 1.48. The summed E-state index contributed by atoms with van der Waals surface area (Å²) < 4.78 is 10.4. The standard InChI is InChI=1S/C16H19N3O3S/c1-21-13-10-14(22-2)18-15(17-13)11-5-7-19(8-6-11)16(20)12-4-3-9-23-12/h3-4,9-11H,5-8H2,1-2H3. The van der Waals surface area contributed by atoms with Crippen LogP contribution in [0.4, 0.5) is 0 Å². The van der Waals surface area contributed by atoms with Crippen molar-refractivity contribution in [2.75, 3.05) is 27.3 Å². The Bertz CT molecular complexity index is 645. The number of carbonyl (C=O) groups is 1. The predicted molar refractivity (Wildman–Crippen MR) is 87.3 cm³/mol. The molecule has 122 valence electrons. The highest BCUT2D eigenvalue weighted by atomic mass is 32.1. The topological polar surface area (TPSA) is 64.6 Å². The molecule has 6 nitrogen and oxygen atoms in total. The Morgan fingerprint density at radius 3 is 2.39 bits per heavy atom. The summed E-state index contributed by atoms with van der Waals surface area (Å²) in [5, 5.41) is 1.93. The molecular weight excluding hydrogens is 314 g/mol. The molecule has 1 fully saturated rings. The number of piperidine rings is 1. The van der Waals surface area contributed by atoms with E-state index in [0.717, 1.165) is 23.5 Å². The minimum Gasteiger partial charge on any atom is -0.481 e. The van der Waals surface area contributed by atoms with Crippen LogP contribution in [0.2, 0.25) is 0 Å². The van der Waals surface area contributed by atoms with Crippen LogP contribution in [0.1, 0.15) is 34.3 Å². The molecule has 0 radical (unpaired) electrons. The highest BCUT2D eigenvalue weighted by Crippen LogP contribution is 2.29. The maximum atomic E-state index is 12.4. The number of ether oxygens (including phenoxy) is 2. The Kier molecular flexibility index (Phi) is 4.76. The lowest BCUT2D eigenvalue weighted by atomic mass is 9.96. The first kappa shape index (κ1) is 15.7. The van der Waals surface area contributed by atoms with Gasteiger partial charge in [-0.1, -0.05) is 6.07 Å². The van der Waals surface area contributed by atoms with Crippen LogP contribution in [0.3, 0.4) is 0 Å². The van der Waals surface area contributed by atoms with E-state index in [-0.39, 0.29) is 11.8 Å². The van der Waals surface area contributed by atoms with Crippen LogP contribution in [0.25, 0.3) is 0 Å². The van der Waals surface area contributed by atoms with Crippen LogP contribution in [-0.2, 0) is 0 Å². The van der Waals surface area contributed by atoms with Gasteiger partial charge < -0.3 is 14.4 Å². The van der Waals surface area contributed by atoms with Gasteiger partial charge >= 0.3 is 0 Å². The molecule has 0 unspecified atom stereocenters. The Morgan fingerprint density at radius 2 is 1.87 bits per heavy atom. The molecule has 0 aliphatic carbocycles. The molecule has 23 heavy (non-hydrogen) atoms. The van der Waals surface area contributed by atoms with Gasteiger partial charge in [-0.15, -0.1) is 11.3 Å². The van der Waals surface area contributed by atoms with E-state index in [2.05, 4.69) is 9.97 Å². The fourth-order valence-electron chi connectivity index (χ4n) is 2.71. The van der Waals surface area contributed by atoms with E-state index in [1.165, 1.54) is 11.3 Å². The van der Waals surface area contributed by atoms with Crippen LogP contribution in [0.5, 0.6) is 11.8 Å². The highest BCUT2D eigenvalue weighted by Gasteiger charge is 2.27. The number of aromatic nitrogens is 2. The van der Waals surface area contributed by atoms with Gasteiger partial charge in [0.05, 0.1) is 25.2 Å². The Hall–Kier alpha value is -2.15. The van der Waals surface area contributed by atoms with Gasteiger partial charge in [-0.3, -0.25) is 4.79 Å². The minimum absolute atomic E-state index is 0.114. The monoisotopic (exact) mass is 333 g/mol. The average molecular weight is 333 g/mol. The van der Waals surface area contributed by atoms with E-state index >= 15 is 0 Å². The van der Waals surface area contributed by atoms with E-state index < -0.39 is 0 Å². The Balaban J connectivity index is 1.68. The molecule has 7 heteroatoms. The summed E-state index contributed by atoms with van der Waals surface area (Å²) in [6.45, 7) is 1.43. The summed E-state index contributed by atoms with van der Waals surface area (Å²) in [6, 6.07) is 5.44. The second-order valence-corrected chi connectivity index (χ2v) is 6.30. The van der Waals surface area contributed by atoms with Crippen LogP contribution in [0, 0.1) is 0 Å². The lowest BCUT2D eigenvalue weighted by Gasteiger charge is -2.31. The second-order valence-electron chi connectivity index (χ2n) is 5.35. The number of nitrogens with zero attached hydrogens (tertiary/aromatic N) is 3. The van der Waals surface area contributed by atoms with E-state index in [0.29, 0.717) is 24.8 Å². The fourth-order valence-corrected chi connectivity index (χ4v) is 3.40. The largest absolute Gasteiger partial charge is 0.481 e. The van der Waals surface area contributed by atoms with Crippen LogP contribution in [-0.4, -0.2) is 48.1 Å². The molecular formula is C16H19N3O3S. The van der Waals surface area contributed by atoms with Gasteiger partial charge in [0.15, 0.2) is 0 Å². The zero-order valence-corrected chi connectivity index (χ0v) is 14.0. The van der Waals surface area contributed by atoms with Gasteiger partial charge in [0.25, 0.3) is 5.91 Å². The second kappa shape index (κ2) is 6.95. The van der Waals surface area contributed by atoms with E-state index in [1.54, 1.807) is 20.3 Å². The molecule has 0 bridgehead atoms. The van der Waals surface area contributed by atoms with E-state index in [4.69, 9.17) is 9.47 Å². The SMILES string of the molecule is COc1cc(OC)nc(C2CCN(C(=O)c3cccs3)CC2)n1. The molecule has 0 N–H and O–H groups in total. The maximum absolute atomic E-state index is 12.4. The summed E-state index contributed by atoms with van der Waals surface area (Å²) in [5.74, 6) is 2.06. The van der Waals surface area contributed by atoms with Crippen molar-refractivity contribution in [3.05, 3.63) is 34.3 Å². The number of carbonyl (C=O) groups excluding carboxylic acids is 1. The maximum Gasteiger partial charge on any atom is 0.263 e. The summed E-state index contributed by atoms with van der Waals surface area (Å²) in [5.41, 5.74) is 0. The van der Waals surface area contributed by atoms with E-state index in [9.17, 15) is 4.79 Å². The van der Waals surface area contributed by atoms with Crippen molar-refractivity contribution < 1.29 is 14.3 Å². The molecule has 0 saturated carbocycles. The first-order chi connectivity index (χ1) is 11.2. The van der Waals surface area contributed by atoms with Gasteiger partial charge in [0.1, 0.15) is 5.82 Å². The van der Waals surface area contributed by atoms with Crippen LogP contribution >= 0.6 is 11.3 Å². The number of likely N-dealkylation sites (tertiary alicyclic amines) is 1. The van der Waals surface area contributed by atoms with Gasteiger partial charge in [-0.05, 0) is 24.3 Å². The molecule has 2 aromatic heterocycles. The number of amides is 1. The summed E-state index contributed by atoms with van der Waals surface area (Å²) in [4.78, 5) is 23.9. The first-order valence-electron chi connectivity index (χ1n) is 7.51. The van der Waals surface area contributed by atoms with Gasteiger partial charge in [0.2, 0.25) is 11.8 Å². The molecule has 3 heterocycles. The average Bonchev–Trinajstić information content (AvgIpc) is 3.15. The smallest absolute Gasteiger partial charge is 0.263 e. The lowest BCUT2D eigenvalue weighted by Crippen LogP contribution is -2.37. The molecule has 3 rings (SSSR count). The lowest BCUT2D eigenvalue weighted by molar-refractivity contribution is 0.0715. The molecule has 2 aromatic rings. The van der Waals surface area contributed by atoms with Crippen LogP contribution < -0.4 is 9.47 Å². The zero-order valence-electron chi connectivity index (χ0n) is 13.2. The quantitative estimate of drug-likeness (QED) is 0.860. The van der Waals surface area contributed by atoms with Crippen molar-refractivity contribution in [1.29, 1.82) is 0 Å². The van der Waals surface area contributed by atoms with Crippen molar-refractivity contribution >= 4 is 17.2 Å². The zero-order chi connectivity index (χ0) is 16.2. The third-order valence-corrected chi connectivity index (χ3v) is 4.85. The molecule has 1 aliphatic heterocycles. The Labute approximate surface area is 139 Å². The van der Waals surface area contributed by atoms with Gasteiger partial charge in [-0.2, -0.15) is 9.97 Å². The number of methoxy groups -OCH3 is 2. The third kappa shape index (κ3) is 3.44. The van der Waals surface area contributed by atoms with Gasteiger partial charge in [0, 0.05) is 19.0 Å². The van der Waals surface area contributed by atoms with Crippen molar-refractivity contribution in [1.82, 2.24) is 14.9 Å². The van der Waals surface area contributed by atoms with Crippen molar-refractivity contribution in [3.63, 3.8) is 0 Å². The van der Waals surface area contributed by atoms with Gasteiger partial charge in [-0.25, -0.2) is 0 Å². The normalized spacial score (nSPS) is 15.5. The fraction of sp³-hybridized carbons (Fsp3) is 0.438. The number of rotatable bonds is 4. The predicted octanol–water partition coefficient (Wildman–Crippen LogP) is 2.58. The summed E-state index contributed by atoms with van der Waals surface area (Å²) in [6.07, 6.45) is 1.68. The molecule has 1 saturated heterocycles.